The first-order valence-electron chi connectivity index (χ1n) is 24.7. The minimum atomic E-state index is -1.41. The van der Waals surface area contributed by atoms with Crippen molar-refractivity contribution in [3.8, 4) is 11.1 Å². The van der Waals surface area contributed by atoms with Crippen LogP contribution in [0.25, 0.3) is 11.1 Å². The molecule has 74 heavy (non-hydrogen) atoms. The topological polar surface area (TPSA) is 254 Å². The van der Waals surface area contributed by atoms with Crippen molar-refractivity contribution in [2.24, 2.45) is 11.3 Å². The third-order valence-electron chi connectivity index (χ3n) is 12.2. The molecule has 0 bridgehead atoms. The van der Waals surface area contributed by atoms with Crippen LogP contribution in [0.2, 0.25) is 0 Å². The lowest BCUT2D eigenvalue weighted by atomic mass is 9.83. The fourth-order valence-corrected chi connectivity index (χ4v) is 9.17. The Morgan fingerprint density at radius 1 is 0.784 bits per heavy atom. The molecule has 2 heterocycles. The lowest BCUT2D eigenvalue weighted by Gasteiger charge is -2.41. The largest absolute Gasteiger partial charge is 0.481 e. The highest BCUT2D eigenvalue weighted by atomic mass is 32.2. The van der Waals surface area contributed by atoms with Crippen molar-refractivity contribution in [3.05, 3.63) is 95.8 Å². The number of amides is 7. The zero-order chi connectivity index (χ0) is 54.7. The molecule has 0 spiro atoms. The van der Waals surface area contributed by atoms with Crippen molar-refractivity contribution in [3.63, 3.8) is 0 Å². The molecule has 21 heteroatoms. The molecule has 6 N–H and O–H groups in total. The predicted molar refractivity (Wildman–Crippen MR) is 274 cm³/mol. The predicted octanol–water partition coefficient (Wildman–Crippen LogP) is 5.59. The highest BCUT2D eigenvalue weighted by Crippen LogP contribution is 2.41. The lowest BCUT2D eigenvalue weighted by Crippen LogP contribution is -2.54. The van der Waals surface area contributed by atoms with Gasteiger partial charge in [-0.3, -0.25) is 43.3 Å². The van der Waals surface area contributed by atoms with Crippen LogP contribution in [0, 0.1) is 23.0 Å². The number of carboxylic acids is 2. The maximum atomic E-state index is 15.4. The number of thioether (sulfide) groups is 1. The van der Waals surface area contributed by atoms with Crippen LogP contribution >= 0.6 is 11.8 Å². The van der Waals surface area contributed by atoms with Crippen molar-refractivity contribution in [1.82, 2.24) is 35.6 Å². The Balaban J connectivity index is 1.48. The number of rotatable bonds is 30. The van der Waals surface area contributed by atoms with Gasteiger partial charge in [-0.2, -0.15) is 11.8 Å². The molecule has 402 valence electrons. The summed E-state index contributed by atoms with van der Waals surface area (Å²) in [7, 11) is 0. The van der Waals surface area contributed by atoms with Crippen LogP contribution in [0.1, 0.15) is 110 Å². The molecule has 1 aliphatic heterocycles. The number of halogens is 2. The molecule has 0 fully saturated rings. The number of nitrogens with zero attached hydrogens (tertiary/aromatic N) is 3. The van der Waals surface area contributed by atoms with Gasteiger partial charge in [-0.1, -0.05) is 71.4 Å². The first kappa shape index (κ1) is 59.7. The standard InChI is InChI=1S/C53H69F2N7O11S/c1-33(2)48(59-42(63)16-11-8-12-25-61-44(65)20-21-45(61)66)51(71)57-34(3)50(70)56-24-13-26-62(46(67)32-74-27-23-43(64)58-40(52(72)73)19-22-47(68)69)49(53(4,5)6)41-28-36(38-29-37(54)17-18-39(38)55)31-60(41)30-35-14-9-7-10-15-35/h7,9-10,14-15,17-18,20-21,28-29,31,33-34,40,48-49H,8,11-13,16,19,22-27,30,32H2,1-6H3,(H,56,70)(H,57,71)(H,58,64)(H,59,63)(H,68,69)(H,72,73). The van der Waals surface area contributed by atoms with Gasteiger partial charge in [-0.05, 0) is 73.8 Å². The Morgan fingerprint density at radius 2 is 1.46 bits per heavy atom. The van der Waals surface area contributed by atoms with Crippen molar-refractivity contribution in [1.29, 1.82) is 0 Å². The highest BCUT2D eigenvalue weighted by molar-refractivity contribution is 7.99. The van der Waals surface area contributed by atoms with E-state index in [-0.39, 0.29) is 91.9 Å². The molecule has 4 atom stereocenters. The van der Waals surface area contributed by atoms with Crippen LogP contribution in [-0.2, 0) is 49.7 Å². The molecule has 1 aliphatic rings. The van der Waals surface area contributed by atoms with Gasteiger partial charge >= 0.3 is 11.9 Å². The second kappa shape index (κ2) is 28.5. The fraction of sp³-hybridized carbons (Fsp3) is 0.491. The molecular weight excluding hydrogens is 981 g/mol. The molecule has 4 unspecified atom stereocenters. The summed E-state index contributed by atoms with van der Waals surface area (Å²) in [6.45, 7) is 11.5. The van der Waals surface area contributed by atoms with Gasteiger partial charge in [0, 0.05) is 86.4 Å². The average Bonchev–Trinajstić information content (AvgIpc) is 3.89. The van der Waals surface area contributed by atoms with E-state index in [1.54, 1.807) is 31.0 Å². The maximum Gasteiger partial charge on any atom is 0.326 e. The number of nitrogens with one attached hydrogen (secondary N) is 4. The summed E-state index contributed by atoms with van der Waals surface area (Å²) < 4.78 is 31.9. The average molecular weight is 1050 g/mol. The van der Waals surface area contributed by atoms with Crippen LogP contribution in [0.3, 0.4) is 0 Å². The second-order valence-corrected chi connectivity index (χ2v) is 20.7. The number of hydrogen-bond acceptors (Lipinski definition) is 10. The molecule has 0 saturated carbocycles. The number of carbonyl (C=O) groups excluding carboxylic acids is 7. The number of hydrogen-bond donors (Lipinski definition) is 6. The molecule has 4 rings (SSSR count). The summed E-state index contributed by atoms with van der Waals surface area (Å²) in [4.78, 5) is 116. The number of benzene rings is 2. The van der Waals surface area contributed by atoms with Gasteiger partial charge in [-0.15, -0.1) is 0 Å². The minimum absolute atomic E-state index is 0.0226. The molecule has 0 radical (unpaired) electrons. The molecule has 0 saturated heterocycles. The molecule has 2 aromatic carbocycles. The lowest BCUT2D eigenvalue weighted by molar-refractivity contribution is -0.143. The van der Waals surface area contributed by atoms with Crippen LogP contribution < -0.4 is 21.3 Å². The van der Waals surface area contributed by atoms with E-state index in [1.807, 2.05) is 55.7 Å². The van der Waals surface area contributed by atoms with E-state index in [1.165, 1.54) is 19.1 Å². The number of unbranched alkanes of at least 4 members (excludes halogenated alkanes) is 2. The van der Waals surface area contributed by atoms with E-state index >= 15 is 4.39 Å². The molecule has 7 amide bonds. The Kier molecular flexibility index (Phi) is 23.0. The quantitative estimate of drug-likeness (QED) is 0.0353. The van der Waals surface area contributed by atoms with E-state index in [9.17, 15) is 52.6 Å². The summed E-state index contributed by atoms with van der Waals surface area (Å²) in [5.74, 6) is -7.41. The summed E-state index contributed by atoms with van der Waals surface area (Å²) >= 11 is 1.13. The zero-order valence-electron chi connectivity index (χ0n) is 42.8. The molecule has 3 aromatic rings. The van der Waals surface area contributed by atoms with Crippen molar-refractivity contribution in [2.75, 3.05) is 31.1 Å². The van der Waals surface area contributed by atoms with Crippen LogP contribution in [0.4, 0.5) is 8.78 Å². The van der Waals surface area contributed by atoms with Gasteiger partial charge in [0.2, 0.25) is 29.5 Å². The fourth-order valence-electron chi connectivity index (χ4n) is 8.36. The first-order valence-corrected chi connectivity index (χ1v) is 25.8. The summed E-state index contributed by atoms with van der Waals surface area (Å²) in [5, 5.41) is 29.1. The van der Waals surface area contributed by atoms with Crippen molar-refractivity contribution >= 4 is 65.1 Å². The van der Waals surface area contributed by atoms with E-state index in [0.29, 0.717) is 37.1 Å². The highest BCUT2D eigenvalue weighted by Gasteiger charge is 2.37. The van der Waals surface area contributed by atoms with E-state index in [4.69, 9.17) is 5.11 Å². The number of imide groups is 1. The van der Waals surface area contributed by atoms with Gasteiger partial charge in [0.15, 0.2) is 0 Å². The Labute approximate surface area is 434 Å². The van der Waals surface area contributed by atoms with E-state index < -0.39 is 77.3 Å². The third-order valence-corrected chi connectivity index (χ3v) is 13.1. The van der Waals surface area contributed by atoms with Crippen LogP contribution in [-0.4, -0.2) is 127 Å². The molecule has 0 aliphatic carbocycles. The zero-order valence-corrected chi connectivity index (χ0v) is 43.6. The van der Waals surface area contributed by atoms with Crippen LogP contribution in [0.5, 0.6) is 0 Å². The van der Waals surface area contributed by atoms with E-state index in [2.05, 4.69) is 21.3 Å². The van der Waals surface area contributed by atoms with Gasteiger partial charge in [-0.25, -0.2) is 13.6 Å². The maximum absolute atomic E-state index is 15.4. The number of aromatic nitrogens is 1. The Morgan fingerprint density at radius 3 is 2.09 bits per heavy atom. The number of carbonyl (C=O) groups is 9. The second-order valence-electron chi connectivity index (χ2n) is 19.6. The molecular formula is C53H69F2N7O11S. The summed E-state index contributed by atoms with van der Waals surface area (Å²) in [6, 6.07) is 10.3. The van der Waals surface area contributed by atoms with Gasteiger partial charge < -0.3 is 40.9 Å². The summed E-state index contributed by atoms with van der Waals surface area (Å²) in [5.41, 5.74) is 1.20. The first-order chi connectivity index (χ1) is 35.0. The SMILES string of the molecule is CC(NC(=O)C(NC(=O)CCCCCN1C(=O)C=CC1=O)C(C)C)C(=O)NCCCN(C(=O)CSCCC(=O)NC(CCC(=O)O)C(=O)O)C(c1cc(-c2cc(F)ccc2F)cn1Cc1ccccc1)C(C)(C)C. The van der Waals surface area contributed by atoms with Gasteiger partial charge in [0.1, 0.15) is 29.8 Å². The normalized spacial score (nSPS) is 14.0. The summed E-state index contributed by atoms with van der Waals surface area (Å²) in [6.07, 6.45) is 5.08. The number of carboxylic acid groups (broad SMARTS) is 2. The smallest absolute Gasteiger partial charge is 0.326 e. The Hall–Kier alpha value is -6.90. The molecule has 18 nitrogen and oxygen atoms in total. The number of aliphatic carboxylic acids is 2. The van der Waals surface area contributed by atoms with Crippen LogP contribution in [0.15, 0.2) is 72.9 Å². The van der Waals surface area contributed by atoms with E-state index in [0.717, 1.165) is 40.4 Å². The third kappa shape index (κ3) is 18.5. The Bertz CT molecular complexity index is 2490. The minimum Gasteiger partial charge on any atom is -0.481 e. The van der Waals surface area contributed by atoms with Gasteiger partial charge in [0.05, 0.1) is 11.8 Å². The monoisotopic (exact) mass is 1050 g/mol. The molecule has 1 aromatic heterocycles. The van der Waals surface area contributed by atoms with Crippen molar-refractivity contribution in [2.45, 2.75) is 124 Å². The van der Waals surface area contributed by atoms with Gasteiger partial charge in [0.25, 0.3) is 11.8 Å². The van der Waals surface area contributed by atoms with Crippen molar-refractivity contribution < 1.29 is 62.1 Å².